The number of aliphatic imine (C=N–C) groups is 1. The largest absolute Gasteiger partial charge is 0.493 e. The molecular weight excluding hydrogens is 510 g/mol. The summed E-state index contributed by atoms with van der Waals surface area (Å²) in [6.07, 6.45) is 1.02. The molecule has 3 N–H and O–H groups in total. The lowest BCUT2D eigenvalue weighted by molar-refractivity contribution is -0.122. The van der Waals surface area contributed by atoms with E-state index in [1.807, 2.05) is 48.5 Å². The predicted octanol–water partition coefficient (Wildman–Crippen LogP) is 3.55. The van der Waals surface area contributed by atoms with Crippen molar-refractivity contribution in [1.29, 1.82) is 0 Å². The smallest absolute Gasteiger partial charge is 0.245 e. The maximum atomic E-state index is 13.2. The van der Waals surface area contributed by atoms with Gasteiger partial charge in [-0.25, -0.2) is 0 Å². The van der Waals surface area contributed by atoms with Crippen molar-refractivity contribution in [2.75, 3.05) is 35.0 Å². The Labute approximate surface area is 235 Å². The van der Waals surface area contributed by atoms with Gasteiger partial charge in [0.2, 0.25) is 5.91 Å². The summed E-state index contributed by atoms with van der Waals surface area (Å²) in [5, 5.41) is 2.96. The van der Waals surface area contributed by atoms with Gasteiger partial charge in [-0.2, -0.15) is 0 Å². The molecule has 0 spiro atoms. The second-order valence-corrected chi connectivity index (χ2v) is 9.14. The first-order valence-corrected chi connectivity index (χ1v) is 12.9. The van der Waals surface area contributed by atoms with Crippen LogP contribution in [-0.2, 0) is 28.9 Å². The molecule has 3 aromatic rings. The first kappa shape index (κ1) is 30.0. The second-order valence-electron chi connectivity index (χ2n) is 9.14. The highest BCUT2D eigenvalue weighted by Crippen LogP contribution is 2.28. The Kier molecular flexibility index (Phi) is 11.4. The fourth-order valence-corrected chi connectivity index (χ4v) is 4.25. The van der Waals surface area contributed by atoms with Crippen molar-refractivity contribution in [2.45, 2.75) is 31.7 Å². The highest BCUT2D eigenvalue weighted by molar-refractivity contribution is 6.01. The summed E-state index contributed by atoms with van der Waals surface area (Å²) in [4.78, 5) is 30.4. The first-order chi connectivity index (χ1) is 19.4. The normalized spacial score (nSPS) is 11.8. The number of amidine groups is 1. The van der Waals surface area contributed by atoms with E-state index in [1.54, 1.807) is 46.6 Å². The fraction of sp³-hybridized carbons (Fsp3) is 0.323. The summed E-state index contributed by atoms with van der Waals surface area (Å²) in [7, 11) is 6.26. The zero-order valence-corrected chi connectivity index (χ0v) is 23.4. The average molecular weight is 548 g/mol. The van der Waals surface area contributed by atoms with E-state index in [0.29, 0.717) is 42.4 Å². The van der Waals surface area contributed by atoms with E-state index in [9.17, 15) is 9.59 Å². The minimum absolute atomic E-state index is 0.0709. The Balaban J connectivity index is 1.66. The number of carbonyl (C=O) groups excluding carboxylic acids is 2. The van der Waals surface area contributed by atoms with Crippen LogP contribution in [0.3, 0.4) is 0 Å². The summed E-state index contributed by atoms with van der Waals surface area (Å²) in [6.45, 7) is 0.396. The van der Waals surface area contributed by atoms with E-state index in [4.69, 9.17) is 24.7 Å². The standard InChI is InChI=1S/C31H37N3O6/c1-37-26-12-10-22(18-28(26)39-3)14-15-33-31(36)25(17-21-8-6-5-7-9-21)34-30(32)20-24(35)16-23-11-13-27(38-2)29(19-23)40-4/h5-13,18-19,25H,14-17,20H2,1-4H3,(H2,32,34)(H,33,36). The van der Waals surface area contributed by atoms with Crippen molar-refractivity contribution in [3.63, 3.8) is 0 Å². The van der Waals surface area contributed by atoms with Gasteiger partial charge in [0.25, 0.3) is 0 Å². The summed E-state index contributed by atoms with van der Waals surface area (Å²) >= 11 is 0. The van der Waals surface area contributed by atoms with Crippen molar-refractivity contribution < 1.29 is 28.5 Å². The number of rotatable bonds is 15. The molecule has 3 aromatic carbocycles. The number of methoxy groups -OCH3 is 4. The number of nitrogens with zero attached hydrogens (tertiary/aromatic N) is 1. The van der Waals surface area contributed by atoms with E-state index in [-0.39, 0.29) is 30.4 Å². The van der Waals surface area contributed by atoms with E-state index in [2.05, 4.69) is 10.3 Å². The fourth-order valence-electron chi connectivity index (χ4n) is 4.25. The molecule has 1 amide bonds. The third-order valence-corrected chi connectivity index (χ3v) is 6.28. The van der Waals surface area contributed by atoms with E-state index in [0.717, 1.165) is 16.7 Å². The van der Waals surface area contributed by atoms with Gasteiger partial charge in [-0.15, -0.1) is 0 Å². The van der Waals surface area contributed by atoms with Gasteiger partial charge in [-0.1, -0.05) is 42.5 Å². The molecule has 0 saturated carbocycles. The number of Topliss-reactive ketones (excluding diaryl/α,β-unsaturated/α-hetero) is 1. The van der Waals surface area contributed by atoms with Crippen LogP contribution < -0.4 is 30.0 Å². The van der Waals surface area contributed by atoms with Crippen LogP contribution in [-0.4, -0.2) is 58.6 Å². The molecule has 0 aliphatic rings. The summed E-state index contributed by atoms with van der Waals surface area (Å²) in [5.74, 6) is 2.12. The highest BCUT2D eigenvalue weighted by Gasteiger charge is 2.20. The van der Waals surface area contributed by atoms with Gasteiger partial charge in [0, 0.05) is 19.4 Å². The number of nitrogens with two attached hydrogens (primary N) is 1. The third-order valence-electron chi connectivity index (χ3n) is 6.28. The zero-order valence-electron chi connectivity index (χ0n) is 23.4. The molecule has 212 valence electrons. The number of hydrogen-bond acceptors (Lipinski definition) is 7. The van der Waals surface area contributed by atoms with Crippen LogP contribution in [0.4, 0.5) is 0 Å². The van der Waals surface area contributed by atoms with Gasteiger partial charge in [0.05, 0.1) is 34.9 Å². The zero-order chi connectivity index (χ0) is 28.9. The number of hydrogen-bond donors (Lipinski definition) is 2. The monoisotopic (exact) mass is 547 g/mol. The minimum atomic E-state index is -0.776. The maximum Gasteiger partial charge on any atom is 0.245 e. The van der Waals surface area contributed by atoms with E-state index < -0.39 is 6.04 Å². The number of ether oxygens (including phenoxy) is 4. The number of ketones is 1. The SMILES string of the molecule is COc1ccc(CCNC(=O)C(Cc2ccccc2)N=C(N)CC(=O)Cc2ccc(OC)c(OC)c2)cc1OC. The van der Waals surface area contributed by atoms with E-state index in [1.165, 1.54) is 0 Å². The molecule has 9 nitrogen and oxygen atoms in total. The first-order valence-electron chi connectivity index (χ1n) is 12.9. The molecule has 0 bridgehead atoms. The van der Waals surface area contributed by atoms with Crippen LogP contribution in [0, 0.1) is 0 Å². The molecule has 0 heterocycles. The lowest BCUT2D eigenvalue weighted by atomic mass is 10.0. The lowest BCUT2D eigenvalue weighted by Gasteiger charge is -2.15. The molecule has 0 aliphatic heterocycles. The third kappa shape index (κ3) is 8.76. The van der Waals surface area contributed by atoms with Crippen molar-refractivity contribution in [1.82, 2.24) is 5.32 Å². The van der Waals surface area contributed by atoms with Crippen LogP contribution in [0.15, 0.2) is 71.7 Å². The van der Waals surface area contributed by atoms with Gasteiger partial charge in [-0.3, -0.25) is 14.6 Å². The van der Waals surface area contributed by atoms with Gasteiger partial charge in [0.1, 0.15) is 17.7 Å². The summed E-state index contributed by atoms with van der Waals surface area (Å²) < 4.78 is 21.2. The van der Waals surface area contributed by atoms with Crippen LogP contribution in [0.25, 0.3) is 0 Å². The number of benzene rings is 3. The molecule has 0 aliphatic carbocycles. The molecule has 9 heteroatoms. The molecule has 0 fully saturated rings. The molecule has 3 rings (SSSR count). The van der Waals surface area contributed by atoms with Crippen molar-refractivity contribution in [3.8, 4) is 23.0 Å². The molecule has 0 radical (unpaired) electrons. The minimum Gasteiger partial charge on any atom is -0.493 e. The van der Waals surface area contributed by atoms with Crippen LogP contribution in [0.1, 0.15) is 23.1 Å². The lowest BCUT2D eigenvalue weighted by Crippen LogP contribution is -2.37. The molecule has 1 atom stereocenters. The summed E-state index contributed by atoms with van der Waals surface area (Å²) in [5.41, 5.74) is 8.88. The Morgan fingerprint density at radius 2 is 1.35 bits per heavy atom. The van der Waals surface area contributed by atoms with Crippen molar-refractivity contribution in [3.05, 3.63) is 83.4 Å². The quantitative estimate of drug-likeness (QED) is 0.220. The second kappa shape index (κ2) is 15.2. The molecule has 0 aromatic heterocycles. The topological polar surface area (TPSA) is 121 Å². The van der Waals surface area contributed by atoms with Crippen LogP contribution >= 0.6 is 0 Å². The molecule has 0 saturated heterocycles. The van der Waals surface area contributed by atoms with Gasteiger partial charge >= 0.3 is 0 Å². The molecule has 1 unspecified atom stereocenters. The molecule has 40 heavy (non-hydrogen) atoms. The van der Waals surface area contributed by atoms with Gasteiger partial charge in [-0.05, 0) is 47.4 Å². The summed E-state index contributed by atoms with van der Waals surface area (Å²) in [6, 6.07) is 19.7. The maximum absolute atomic E-state index is 13.2. The van der Waals surface area contributed by atoms with Gasteiger partial charge < -0.3 is 30.0 Å². The van der Waals surface area contributed by atoms with Crippen LogP contribution in [0.2, 0.25) is 0 Å². The average Bonchev–Trinajstić information content (AvgIpc) is 2.96. The van der Waals surface area contributed by atoms with Gasteiger partial charge in [0.15, 0.2) is 23.0 Å². The Bertz CT molecular complexity index is 1310. The Morgan fingerprint density at radius 3 is 1.95 bits per heavy atom. The van der Waals surface area contributed by atoms with Crippen molar-refractivity contribution >= 4 is 17.5 Å². The molecular formula is C31H37N3O6. The highest BCUT2D eigenvalue weighted by atomic mass is 16.5. The predicted molar refractivity (Wildman–Crippen MR) is 155 cm³/mol. The Morgan fingerprint density at radius 1 is 0.775 bits per heavy atom. The van der Waals surface area contributed by atoms with E-state index >= 15 is 0 Å². The number of amides is 1. The number of carbonyl (C=O) groups is 2. The Hall–Kier alpha value is -4.53. The van der Waals surface area contributed by atoms with Crippen molar-refractivity contribution in [2.24, 2.45) is 10.7 Å². The van der Waals surface area contributed by atoms with Crippen LogP contribution in [0.5, 0.6) is 23.0 Å². The number of nitrogens with one attached hydrogen (secondary N) is 1.